The van der Waals surface area contributed by atoms with E-state index in [1.165, 1.54) is 18.4 Å². The first kappa shape index (κ1) is 13.6. The molecule has 1 aromatic heterocycles. The minimum Gasteiger partial charge on any atom is -0.314 e. The second-order valence-electron chi connectivity index (χ2n) is 3.79. The highest BCUT2D eigenvalue weighted by atomic mass is 32.2. The van der Waals surface area contributed by atoms with Gasteiger partial charge in [0.05, 0.1) is 0 Å². The molecule has 0 aliphatic heterocycles. The first-order valence-electron chi connectivity index (χ1n) is 5.21. The molecule has 0 radical (unpaired) electrons. The summed E-state index contributed by atoms with van der Waals surface area (Å²) in [6, 6.07) is 3.98. The van der Waals surface area contributed by atoms with Gasteiger partial charge in [0.2, 0.25) is 10.0 Å². The normalized spacial score (nSPS) is 12.2. The molecule has 0 fully saturated rings. The zero-order valence-corrected chi connectivity index (χ0v) is 11.4. The van der Waals surface area contributed by atoms with Gasteiger partial charge >= 0.3 is 0 Å². The Kier molecular flexibility index (Phi) is 4.91. The maximum atomic E-state index is 11.5. The van der Waals surface area contributed by atoms with Crippen LogP contribution in [0.3, 0.4) is 0 Å². The number of sulfonamides is 1. The summed E-state index contributed by atoms with van der Waals surface area (Å²) < 4.78 is 25.7. The molecule has 1 aromatic rings. The predicted molar refractivity (Wildman–Crippen MR) is 67.4 cm³/mol. The number of hydrogen-bond acceptors (Lipinski definition) is 4. The van der Waals surface area contributed by atoms with E-state index in [0.29, 0.717) is 10.3 Å². The highest BCUT2D eigenvalue weighted by Crippen LogP contribution is 2.21. The van der Waals surface area contributed by atoms with E-state index in [9.17, 15) is 8.42 Å². The van der Waals surface area contributed by atoms with E-state index in [1.54, 1.807) is 6.07 Å². The molecule has 92 valence electrons. The molecule has 0 saturated carbocycles. The molecular formula is C10H18N2O2S2. The third kappa shape index (κ3) is 3.86. The monoisotopic (exact) mass is 262 g/mol. The maximum Gasteiger partial charge on any atom is 0.249 e. The SMILES string of the molecule is CNS(=O)(=O)c1ccc(CCNC(C)C)s1. The third-order valence-corrected chi connectivity index (χ3v) is 5.15. The second-order valence-corrected chi connectivity index (χ2v) is 7.07. The summed E-state index contributed by atoms with van der Waals surface area (Å²) in [7, 11) is -1.84. The fraction of sp³-hybridized carbons (Fsp3) is 0.600. The van der Waals surface area contributed by atoms with Crippen LogP contribution in [-0.4, -0.2) is 28.1 Å². The van der Waals surface area contributed by atoms with Gasteiger partial charge in [-0.3, -0.25) is 0 Å². The van der Waals surface area contributed by atoms with Crippen molar-refractivity contribution < 1.29 is 8.42 Å². The molecule has 0 amide bonds. The molecule has 0 aliphatic rings. The maximum absolute atomic E-state index is 11.5. The molecule has 0 atom stereocenters. The van der Waals surface area contributed by atoms with Crippen LogP contribution in [0.2, 0.25) is 0 Å². The quantitative estimate of drug-likeness (QED) is 0.810. The Hall–Kier alpha value is -0.430. The van der Waals surface area contributed by atoms with Crippen molar-refractivity contribution in [1.29, 1.82) is 0 Å². The summed E-state index contributed by atoms with van der Waals surface area (Å²) in [5.74, 6) is 0. The lowest BCUT2D eigenvalue weighted by atomic mass is 10.3. The lowest BCUT2D eigenvalue weighted by Gasteiger charge is -2.05. The minimum atomic E-state index is -3.27. The third-order valence-electron chi connectivity index (χ3n) is 2.09. The second kappa shape index (κ2) is 5.77. The van der Waals surface area contributed by atoms with Crippen LogP contribution in [0.4, 0.5) is 0 Å². The van der Waals surface area contributed by atoms with E-state index in [1.807, 2.05) is 6.07 Å². The molecule has 6 heteroatoms. The van der Waals surface area contributed by atoms with E-state index >= 15 is 0 Å². The van der Waals surface area contributed by atoms with Gasteiger partial charge in [0.1, 0.15) is 4.21 Å². The van der Waals surface area contributed by atoms with Crippen molar-refractivity contribution in [3.8, 4) is 0 Å². The Balaban J connectivity index is 2.59. The summed E-state index contributed by atoms with van der Waals surface area (Å²) in [6.45, 7) is 5.05. The lowest BCUT2D eigenvalue weighted by molar-refractivity contribution is 0.590. The van der Waals surface area contributed by atoms with Gasteiger partial charge in [-0.25, -0.2) is 13.1 Å². The smallest absolute Gasteiger partial charge is 0.249 e. The van der Waals surface area contributed by atoms with Crippen LogP contribution in [0.25, 0.3) is 0 Å². The first-order valence-corrected chi connectivity index (χ1v) is 7.51. The van der Waals surface area contributed by atoms with E-state index in [4.69, 9.17) is 0 Å². The van der Waals surface area contributed by atoms with Crippen LogP contribution in [0, 0.1) is 0 Å². The molecule has 0 aliphatic carbocycles. The number of nitrogens with one attached hydrogen (secondary N) is 2. The van der Waals surface area contributed by atoms with Crippen LogP contribution in [0.5, 0.6) is 0 Å². The van der Waals surface area contributed by atoms with E-state index in [2.05, 4.69) is 23.9 Å². The Bertz CT molecular complexity index is 424. The van der Waals surface area contributed by atoms with E-state index in [0.717, 1.165) is 17.8 Å². The molecule has 2 N–H and O–H groups in total. The Morgan fingerprint density at radius 1 is 1.38 bits per heavy atom. The average molecular weight is 262 g/mol. The van der Waals surface area contributed by atoms with Crippen LogP contribution in [0.15, 0.2) is 16.3 Å². The molecule has 4 nitrogen and oxygen atoms in total. The van der Waals surface area contributed by atoms with Crippen molar-refractivity contribution in [2.24, 2.45) is 0 Å². The molecule has 0 saturated heterocycles. The van der Waals surface area contributed by atoms with Gasteiger partial charge < -0.3 is 5.32 Å². The molecular weight excluding hydrogens is 244 g/mol. The Labute approximate surface area is 101 Å². The lowest BCUT2D eigenvalue weighted by Crippen LogP contribution is -2.24. The van der Waals surface area contributed by atoms with Crippen molar-refractivity contribution in [3.05, 3.63) is 17.0 Å². The highest BCUT2D eigenvalue weighted by Gasteiger charge is 2.13. The zero-order chi connectivity index (χ0) is 12.2. The molecule has 0 bridgehead atoms. The van der Waals surface area contributed by atoms with Crippen molar-refractivity contribution in [2.45, 2.75) is 30.5 Å². The van der Waals surface area contributed by atoms with Crippen LogP contribution in [0.1, 0.15) is 18.7 Å². The first-order chi connectivity index (χ1) is 7.45. The van der Waals surface area contributed by atoms with E-state index in [-0.39, 0.29) is 0 Å². The van der Waals surface area contributed by atoms with Gasteiger partial charge in [0.25, 0.3) is 0 Å². The van der Waals surface area contributed by atoms with Crippen molar-refractivity contribution in [3.63, 3.8) is 0 Å². The molecule has 1 heterocycles. The van der Waals surface area contributed by atoms with Crippen molar-refractivity contribution in [1.82, 2.24) is 10.0 Å². The summed E-state index contributed by atoms with van der Waals surface area (Å²) in [5, 5.41) is 3.30. The van der Waals surface area contributed by atoms with Gasteiger partial charge in [0, 0.05) is 17.5 Å². The van der Waals surface area contributed by atoms with Gasteiger partial charge in [-0.2, -0.15) is 0 Å². The van der Waals surface area contributed by atoms with Gasteiger partial charge in [-0.1, -0.05) is 13.8 Å². The van der Waals surface area contributed by atoms with Gasteiger partial charge in [-0.05, 0) is 25.6 Å². The predicted octanol–water partition coefficient (Wildman–Crippen LogP) is 1.20. The number of rotatable bonds is 6. The zero-order valence-electron chi connectivity index (χ0n) is 9.78. The summed E-state index contributed by atoms with van der Waals surface area (Å²) in [6.07, 6.45) is 0.863. The molecule has 1 rings (SSSR count). The number of thiophene rings is 1. The van der Waals surface area contributed by atoms with Crippen molar-refractivity contribution in [2.75, 3.05) is 13.6 Å². The Morgan fingerprint density at radius 2 is 2.06 bits per heavy atom. The van der Waals surface area contributed by atoms with Crippen LogP contribution < -0.4 is 10.0 Å². The minimum absolute atomic E-state index is 0.384. The average Bonchev–Trinajstić information content (AvgIpc) is 2.66. The fourth-order valence-electron chi connectivity index (χ4n) is 1.22. The van der Waals surface area contributed by atoms with Gasteiger partial charge in [-0.15, -0.1) is 11.3 Å². The topological polar surface area (TPSA) is 58.2 Å². The van der Waals surface area contributed by atoms with Crippen LogP contribution in [-0.2, 0) is 16.4 Å². The van der Waals surface area contributed by atoms with Gasteiger partial charge in [0.15, 0.2) is 0 Å². The number of hydrogen-bond donors (Lipinski definition) is 2. The standard InChI is InChI=1S/C10H18N2O2S2/c1-8(2)12-7-6-9-4-5-10(15-9)16(13,14)11-3/h4-5,8,11-12H,6-7H2,1-3H3. The molecule has 0 aromatic carbocycles. The molecule has 16 heavy (non-hydrogen) atoms. The van der Waals surface area contributed by atoms with Crippen LogP contribution >= 0.6 is 11.3 Å². The highest BCUT2D eigenvalue weighted by molar-refractivity contribution is 7.91. The largest absolute Gasteiger partial charge is 0.314 e. The summed E-state index contributed by atoms with van der Waals surface area (Å²) in [4.78, 5) is 1.09. The molecule has 0 unspecified atom stereocenters. The summed E-state index contributed by atoms with van der Waals surface area (Å²) >= 11 is 1.33. The molecule has 0 spiro atoms. The Morgan fingerprint density at radius 3 is 2.62 bits per heavy atom. The summed E-state index contributed by atoms with van der Waals surface area (Å²) in [5.41, 5.74) is 0. The van der Waals surface area contributed by atoms with Crippen molar-refractivity contribution >= 4 is 21.4 Å². The van der Waals surface area contributed by atoms with E-state index < -0.39 is 10.0 Å². The fourth-order valence-corrected chi connectivity index (χ4v) is 3.41.